The fourth-order valence-corrected chi connectivity index (χ4v) is 5.57. The summed E-state index contributed by atoms with van der Waals surface area (Å²) in [5.74, 6) is -0.125. The maximum Gasteiger partial charge on any atom is 0.490 e. The van der Waals surface area contributed by atoms with Crippen LogP contribution in [0.15, 0.2) is 48.7 Å². The third kappa shape index (κ3) is 8.19. The minimum absolute atomic E-state index is 0.0383. The van der Waals surface area contributed by atoms with Gasteiger partial charge in [0.1, 0.15) is 17.5 Å². The highest BCUT2D eigenvalue weighted by Gasteiger charge is 2.38. The van der Waals surface area contributed by atoms with E-state index in [-0.39, 0.29) is 23.9 Å². The van der Waals surface area contributed by atoms with E-state index in [0.29, 0.717) is 36.6 Å². The molecule has 1 unspecified atom stereocenters. The minimum atomic E-state index is -5.08. The van der Waals surface area contributed by atoms with Crippen molar-refractivity contribution in [1.29, 1.82) is 5.26 Å². The number of anilines is 1. The lowest BCUT2D eigenvalue weighted by molar-refractivity contribution is -0.192. The number of rotatable bonds is 7. The Labute approximate surface area is 248 Å². The zero-order valence-corrected chi connectivity index (χ0v) is 23.5. The summed E-state index contributed by atoms with van der Waals surface area (Å²) >= 11 is 1.71. The molecule has 5 rings (SSSR count). The first-order valence-corrected chi connectivity index (χ1v) is 14.4. The summed E-state index contributed by atoms with van der Waals surface area (Å²) in [5, 5.41) is 23.4. The summed E-state index contributed by atoms with van der Waals surface area (Å²) in [7, 11) is 0. The summed E-state index contributed by atoms with van der Waals surface area (Å²) < 4.78 is 37.8. The molecule has 2 aromatic carbocycles. The van der Waals surface area contributed by atoms with Gasteiger partial charge in [0.2, 0.25) is 11.8 Å². The Kier molecular flexibility index (Phi) is 10.2. The quantitative estimate of drug-likeness (QED) is 0.265. The molecule has 43 heavy (non-hydrogen) atoms. The number of carbonyl (C=O) groups excluding carboxylic acids is 2. The van der Waals surface area contributed by atoms with E-state index in [1.807, 2.05) is 48.7 Å². The molecular formula is C28H29F3N6O5S. The third-order valence-electron chi connectivity index (χ3n) is 6.81. The van der Waals surface area contributed by atoms with Gasteiger partial charge in [-0.05, 0) is 67.3 Å². The number of benzene rings is 2. The van der Waals surface area contributed by atoms with E-state index in [2.05, 4.69) is 21.7 Å². The number of likely N-dealkylation sites (tertiary alicyclic amines) is 1. The van der Waals surface area contributed by atoms with Crippen molar-refractivity contribution in [3.63, 3.8) is 0 Å². The number of hydrogen-bond acceptors (Lipinski definition) is 8. The molecule has 0 aliphatic carbocycles. The number of hydrogen-bond donors (Lipinski definition) is 5. The number of nitrogens with zero attached hydrogens (tertiary/aromatic N) is 2. The van der Waals surface area contributed by atoms with Gasteiger partial charge in [0.05, 0.1) is 18.2 Å². The molecular weight excluding hydrogens is 589 g/mol. The Morgan fingerprint density at radius 1 is 1.21 bits per heavy atom. The molecule has 228 valence electrons. The van der Waals surface area contributed by atoms with Crippen LogP contribution in [0.5, 0.6) is 11.5 Å². The minimum Gasteiger partial charge on any atom is -0.475 e. The van der Waals surface area contributed by atoms with E-state index in [4.69, 9.17) is 20.4 Å². The molecule has 1 aromatic heterocycles. The molecule has 0 saturated carbocycles. The molecule has 2 saturated heterocycles. The van der Waals surface area contributed by atoms with Gasteiger partial charge in [0, 0.05) is 41.0 Å². The highest BCUT2D eigenvalue weighted by atomic mass is 32.2. The number of H-pyrrole nitrogens is 1. The number of carboxylic acids is 1. The number of aromatic nitrogens is 1. The lowest BCUT2D eigenvalue weighted by atomic mass is 10.0. The number of nitrogens with two attached hydrogens (primary N) is 1. The van der Waals surface area contributed by atoms with Gasteiger partial charge in [-0.2, -0.15) is 18.4 Å². The summed E-state index contributed by atoms with van der Waals surface area (Å²) in [5.41, 5.74) is 8.82. The first-order chi connectivity index (χ1) is 20.5. The van der Waals surface area contributed by atoms with Crippen molar-refractivity contribution in [2.45, 2.75) is 43.6 Å². The van der Waals surface area contributed by atoms with E-state index >= 15 is 0 Å². The smallest absolute Gasteiger partial charge is 0.475 e. The number of ether oxygens (including phenoxy) is 1. The van der Waals surface area contributed by atoms with Crippen molar-refractivity contribution in [3.05, 3.63) is 54.2 Å². The standard InChI is InChI=1S/C26H28N6O3S.C2HF3O2/c27-12-18-2-1-9-32(18)26(34)22(28)10-16-13-29-23-8-7-20(11-21(16)23)35-19-5-3-17(4-6-19)31-25(33)24-14-36-15-30-24;3-2(4,5)1(6)7/h3-8,11,13,18,22,24,29-30H,1-2,9-10,14-15,28H2,(H,31,33);(H,6,7)/t18-,22-,24?;/m0./s1. The number of aromatic amines is 1. The molecule has 11 nitrogen and oxygen atoms in total. The average Bonchev–Trinajstić information content (AvgIpc) is 3.75. The van der Waals surface area contributed by atoms with Crippen molar-refractivity contribution >= 4 is 46.1 Å². The molecule has 3 atom stereocenters. The number of carbonyl (C=O) groups is 3. The van der Waals surface area contributed by atoms with E-state index in [9.17, 15) is 28.0 Å². The number of aliphatic carboxylic acids is 1. The van der Waals surface area contributed by atoms with Gasteiger partial charge in [-0.1, -0.05) is 0 Å². The molecule has 2 aliphatic rings. The average molecular weight is 619 g/mol. The Balaban J connectivity index is 0.000000541. The first kappa shape index (κ1) is 31.7. The normalized spacial score (nSPS) is 18.8. The zero-order chi connectivity index (χ0) is 31.1. The second-order valence-corrected chi connectivity index (χ2v) is 10.9. The van der Waals surface area contributed by atoms with Crippen molar-refractivity contribution < 1.29 is 37.4 Å². The number of fused-ring (bicyclic) bond motifs is 1. The van der Waals surface area contributed by atoms with Crippen LogP contribution in [0.2, 0.25) is 0 Å². The van der Waals surface area contributed by atoms with Crippen LogP contribution < -0.4 is 21.1 Å². The predicted molar refractivity (Wildman–Crippen MR) is 153 cm³/mol. The molecule has 3 aromatic rings. The maximum atomic E-state index is 12.8. The predicted octanol–water partition coefficient (Wildman–Crippen LogP) is 3.58. The summed E-state index contributed by atoms with van der Waals surface area (Å²) in [6.07, 6.45) is -1.33. The van der Waals surface area contributed by atoms with E-state index in [1.54, 1.807) is 16.7 Å². The summed E-state index contributed by atoms with van der Waals surface area (Å²) in [6.45, 7) is 0.579. The van der Waals surface area contributed by atoms with Gasteiger partial charge < -0.3 is 30.8 Å². The topological polar surface area (TPSA) is 174 Å². The molecule has 0 bridgehead atoms. The van der Waals surface area contributed by atoms with Gasteiger partial charge >= 0.3 is 12.1 Å². The highest BCUT2D eigenvalue weighted by molar-refractivity contribution is 7.99. The number of alkyl halides is 3. The van der Waals surface area contributed by atoms with Gasteiger partial charge in [-0.15, -0.1) is 11.8 Å². The molecule has 3 heterocycles. The second kappa shape index (κ2) is 13.8. The van der Waals surface area contributed by atoms with Crippen LogP contribution in [0.1, 0.15) is 18.4 Å². The van der Waals surface area contributed by atoms with Crippen LogP contribution in [0, 0.1) is 11.3 Å². The maximum absolute atomic E-state index is 12.8. The second-order valence-electron chi connectivity index (χ2n) is 9.84. The number of carboxylic acid groups (broad SMARTS) is 1. The molecule has 2 amide bonds. The molecule has 15 heteroatoms. The largest absolute Gasteiger partial charge is 0.490 e. The van der Waals surface area contributed by atoms with Gasteiger partial charge in [-0.25, -0.2) is 4.79 Å². The Morgan fingerprint density at radius 3 is 2.53 bits per heavy atom. The Hall–Kier alpha value is -4.26. The Morgan fingerprint density at radius 2 is 1.91 bits per heavy atom. The summed E-state index contributed by atoms with van der Waals surface area (Å²) in [4.78, 5) is 38.8. The van der Waals surface area contributed by atoms with Crippen molar-refractivity contribution in [2.24, 2.45) is 5.73 Å². The van der Waals surface area contributed by atoms with E-state index < -0.39 is 18.2 Å². The third-order valence-corrected chi connectivity index (χ3v) is 7.75. The number of nitrogens with one attached hydrogen (secondary N) is 3. The van der Waals surface area contributed by atoms with Crippen LogP contribution >= 0.6 is 11.8 Å². The molecule has 6 N–H and O–H groups in total. The molecule has 2 aliphatic heterocycles. The van der Waals surface area contributed by atoms with Gasteiger partial charge in [-0.3, -0.25) is 14.9 Å². The van der Waals surface area contributed by atoms with Crippen molar-refractivity contribution in [1.82, 2.24) is 15.2 Å². The van der Waals surface area contributed by atoms with Crippen LogP contribution in [-0.4, -0.2) is 75.3 Å². The van der Waals surface area contributed by atoms with E-state index in [0.717, 1.165) is 34.5 Å². The monoisotopic (exact) mass is 618 g/mol. The fourth-order valence-electron chi connectivity index (χ4n) is 4.63. The molecule has 0 spiro atoms. The van der Waals surface area contributed by atoms with Crippen LogP contribution in [0.25, 0.3) is 10.9 Å². The number of amides is 2. The van der Waals surface area contributed by atoms with Crippen LogP contribution in [0.4, 0.5) is 18.9 Å². The van der Waals surface area contributed by atoms with Crippen LogP contribution in [-0.2, 0) is 20.8 Å². The lowest BCUT2D eigenvalue weighted by Gasteiger charge is -2.23. The van der Waals surface area contributed by atoms with Crippen LogP contribution in [0.3, 0.4) is 0 Å². The van der Waals surface area contributed by atoms with Gasteiger partial charge in [0.15, 0.2) is 0 Å². The molecule has 0 radical (unpaired) electrons. The lowest BCUT2D eigenvalue weighted by Crippen LogP contribution is -2.46. The zero-order valence-electron chi connectivity index (χ0n) is 22.7. The highest BCUT2D eigenvalue weighted by Crippen LogP contribution is 2.29. The van der Waals surface area contributed by atoms with E-state index in [1.165, 1.54) is 0 Å². The number of thioether (sulfide) groups is 1. The van der Waals surface area contributed by atoms with Gasteiger partial charge in [0.25, 0.3) is 0 Å². The Bertz CT molecular complexity index is 1500. The SMILES string of the molecule is N#C[C@@H]1CCCN1C(=O)[C@@H](N)Cc1c[nH]c2ccc(Oc3ccc(NC(=O)C4CSCN4)cc3)cc12.O=C(O)C(F)(F)F. The number of nitriles is 1. The first-order valence-electron chi connectivity index (χ1n) is 13.2. The number of halogens is 3. The summed E-state index contributed by atoms with van der Waals surface area (Å²) in [6, 6.07) is 13.9. The van der Waals surface area contributed by atoms with Crippen molar-refractivity contribution in [2.75, 3.05) is 23.5 Å². The van der Waals surface area contributed by atoms with Crippen molar-refractivity contribution in [3.8, 4) is 17.6 Å². The fraction of sp³-hybridized carbons (Fsp3) is 0.357. The molecule has 2 fully saturated rings.